The van der Waals surface area contributed by atoms with Gasteiger partial charge in [-0.25, -0.2) is 22.2 Å². The minimum absolute atomic E-state index is 0.108. The molecule has 0 aliphatic carbocycles. The van der Waals surface area contributed by atoms with E-state index in [1.54, 1.807) is 12.1 Å². The number of sulfonamides is 1. The van der Waals surface area contributed by atoms with Gasteiger partial charge in [0, 0.05) is 5.69 Å². The molecule has 0 amide bonds. The molecule has 0 aliphatic heterocycles. The Kier molecular flexibility index (Phi) is 3.78. The Morgan fingerprint density at radius 3 is 2.54 bits per heavy atom. The largest absolute Gasteiger partial charge is 0.280 e. The van der Waals surface area contributed by atoms with E-state index in [0.29, 0.717) is 10.5 Å². The van der Waals surface area contributed by atoms with E-state index in [2.05, 4.69) is 9.71 Å². The number of benzene rings is 2. The zero-order chi connectivity index (χ0) is 18.5. The number of para-hydroxylation sites is 1. The van der Waals surface area contributed by atoms with Gasteiger partial charge in [-0.1, -0.05) is 23.5 Å². The topological polar surface area (TPSA) is 80.5 Å². The molecule has 0 bridgehead atoms. The summed E-state index contributed by atoms with van der Waals surface area (Å²) in [6, 6.07) is 12.0. The van der Waals surface area contributed by atoms with Gasteiger partial charge in [0.2, 0.25) is 0 Å². The predicted octanol–water partition coefficient (Wildman–Crippen LogP) is 3.16. The van der Waals surface area contributed by atoms with Gasteiger partial charge in [0.05, 0.1) is 15.9 Å². The van der Waals surface area contributed by atoms with E-state index in [0.717, 1.165) is 16.8 Å². The maximum absolute atomic E-state index is 13.0. The number of hydrogen-bond donors (Lipinski definition) is 1. The van der Waals surface area contributed by atoms with Crippen molar-refractivity contribution in [3.63, 3.8) is 0 Å². The highest BCUT2D eigenvalue weighted by Gasteiger charge is 2.25. The van der Waals surface area contributed by atoms with E-state index in [1.165, 1.54) is 34.8 Å². The fourth-order valence-corrected chi connectivity index (χ4v) is 5.09. The number of rotatable bonds is 3. The summed E-state index contributed by atoms with van der Waals surface area (Å²) in [6.45, 7) is 1.48. The normalized spacial score (nSPS) is 11.9. The second kappa shape index (κ2) is 5.89. The van der Waals surface area contributed by atoms with E-state index in [9.17, 15) is 17.6 Å². The van der Waals surface area contributed by atoms with Crippen molar-refractivity contribution in [2.75, 3.05) is 4.72 Å². The van der Waals surface area contributed by atoms with Crippen molar-refractivity contribution < 1.29 is 12.8 Å². The van der Waals surface area contributed by atoms with Gasteiger partial charge in [-0.3, -0.25) is 9.52 Å². The molecule has 132 valence electrons. The average Bonchev–Trinajstić information content (AvgIpc) is 2.94. The number of nitrogens with zero attached hydrogens (tertiary/aromatic N) is 2. The van der Waals surface area contributed by atoms with Gasteiger partial charge in [0.25, 0.3) is 15.6 Å². The van der Waals surface area contributed by atoms with Crippen molar-refractivity contribution in [3.8, 4) is 0 Å². The first-order chi connectivity index (χ1) is 12.4. The first-order valence-electron chi connectivity index (χ1n) is 7.56. The Hall–Kier alpha value is -2.78. The lowest BCUT2D eigenvalue weighted by atomic mass is 10.3. The highest BCUT2D eigenvalue weighted by Crippen LogP contribution is 2.25. The van der Waals surface area contributed by atoms with Gasteiger partial charge in [-0.15, -0.1) is 0 Å². The standard InChI is InChI=1S/C17H12FN3O3S2/c1-10-15(26(23,24)20-12-8-6-11(18)7-9-12)16(22)21-13-4-2-3-5-14(13)25-17(21)19-10/h2-9,20H,1H3. The minimum Gasteiger partial charge on any atom is -0.279 e. The summed E-state index contributed by atoms with van der Waals surface area (Å²) in [5.74, 6) is -0.489. The molecule has 0 fully saturated rings. The fraction of sp³-hybridized carbons (Fsp3) is 0.0588. The lowest BCUT2D eigenvalue weighted by molar-refractivity contribution is 0.598. The lowest BCUT2D eigenvalue weighted by Gasteiger charge is -2.10. The number of nitrogens with one attached hydrogen (secondary N) is 1. The maximum Gasteiger partial charge on any atom is 0.280 e. The summed E-state index contributed by atoms with van der Waals surface area (Å²) in [5.41, 5.74) is 0.199. The van der Waals surface area contributed by atoms with Crippen LogP contribution in [0.4, 0.5) is 10.1 Å². The number of aryl methyl sites for hydroxylation is 1. The highest BCUT2D eigenvalue weighted by molar-refractivity contribution is 7.92. The summed E-state index contributed by atoms with van der Waals surface area (Å²) in [7, 11) is -4.19. The van der Waals surface area contributed by atoms with Crippen molar-refractivity contribution in [2.45, 2.75) is 11.8 Å². The Morgan fingerprint density at radius 1 is 1.12 bits per heavy atom. The molecule has 2 heterocycles. The monoisotopic (exact) mass is 389 g/mol. The van der Waals surface area contributed by atoms with Crippen molar-refractivity contribution in [3.05, 3.63) is 70.4 Å². The van der Waals surface area contributed by atoms with Crippen LogP contribution in [0.15, 0.2) is 58.2 Å². The number of hydrogen-bond acceptors (Lipinski definition) is 5. The fourth-order valence-electron chi connectivity index (χ4n) is 2.73. The Bertz CT molecular complexity index is 1310. The lowest BCUT2D eigenvalue weighted by Crippen LogP contribution is -2.27. The Labute approximate surface area is 151 Å². The van der Waals surface area contributed by atoms with E-state index < -0.39 is 26.3 Å². The molecule has 4 aromatic rings. The highest BCUT2D eigenvalue weighted by atomic mass is 32.2. The SMILES string of the molecule is Cc1nc2sc3ccccc3n2c(=O)c1S(=O)(=O)Nc1ccc(F)cc1. The van der Waals surface area contributed by atoms with Crippen LogP contribution in [0.5, 0.6) is 0 Å². The molecule has 2 aromatic heterocycles. The molecule has 2 aromatic carbocycles. The van der Waals surface area contributed by atoms with Crippen LogP contribution in [0.25, 0.3) is 15.2 Å². The van der Waals surface area contributed by atoms with Gasteiger partial charge < -0.3 is 0 Å². The summed E-state index contributed by atoms with van der Waals surface area (Å²) >= 11 is 1.31. The van der Waals surface area contributed by atoms with Crippen molar-refractivity contribution in [1.82, 2.24) is 9.38 Å². The van der Waals surface area contributed by atoms with Crippen LogP contribution in [0.1, 0.15) is 5.69 Å². The maximum atomic E-state index is 13.0. The second-order valence-corrected chi connectivity index (χ2v) is 8.26. The van der Waals surface area contributed by atoms with E-state index in [1.807, 2.05) is 12.1 Å². The van der Waals surface area contributed by atoms with Crippen molar-refractivity contribution in [1.29, 1.82) is 0 Å². The molecular weight excluding hydrogens is 377 g/mol. The molecule has 0 atom stereocenters. The number of fused-ring (bicyclic) bond motifs is 3. The molecule has 6 nitrogen and oxygen atoms in total. The molecule has 1 N–H and O–H groups in total. The smallest absolute Gasteiger partial charge is 0.279 e. The summed E-state index contributed by atoms with van der Waals surface area (Å²) in [6.07, 6.45) is 0. The third-order valence-corrected chi connectivity index (χ3v) is 6.39. The van der Waals surface area contributed by atoms with Gasteiger partial charge >= 0.3 is 0 Å². The molecule has 0 spiro atoms. The summed E-state index contributed by atoms with van der Waals surface area (Å²) < 4.78 is 43.0. The van der Waals surface area contributed by atoms with Gasteiger partial charge in [-0.05, 0) is 43.3 Å². The van der Waals surface area contributed by atoms with Crippen LogP contribution in [0.2, 0.25) is 0 Å². The first kappa shape index (κ1) is 16.7. The van der Waals surface area contributed by atoms with Gasteiger partial charge in [-0.2, -0.15) is 0 Å². The zero-order valence-electron chi connectivity index (χ0n) is 13.4. The predicted molar refractivity (Wildman–Crippen MR) is 98.8 cm³/mol. The summed E-state index contributed by atoms with van der Waals surface area (Å²) in [4.78, 5) is 17.3. The van der Waals surface area contributed by atoms with Crippen molar-refractivity contribution >= 4 is 42.2 Å². The average molecular weight is 389 g/mol. The van der Waals surface area contributed by atoms with Crippen LogP contribution in [-0.4, -0.2) is 17.8 Å². The molecule has 0 radical (unpaired) electrons. The second-order valence-electron chi connectivity index (χ2n) is 5.63. The molecular formula is C17H12FN3O3S2. The molecule has 0 aliphatic rings. The van der Waals surface area contributed by atoms with Crippen LogP contribution in [-0.2, 0) is 10.0 Å². The van der Waals surface area contributed by atoms with Crippen LogP contribution < -0.4 is 10.3 Å². The molecule has 0 saturated heterocycles. The molecule has 9 heteroatoms. The molecule has 0 unspecified atom stereocenters. The molecule has 0 saturated carbocycles. The Balaban J connectivity index is 1.94. The van der Waals surface area contributed by atoms with E-state index >= 15 is 0 Å². The minimum atomic E-state index is -4.19. The van der Waals surface area contributed by atoms with E-state index in [-0.39, 0.29) is 11.4 Å². The summed E-state index contributed by atoms with van der Waals surface area (Å²) in [5, 5.41) is 0. The number of aromatic nitrogens is 2. The molecule has 4 rings (SSSR count). The van der Waals surface area contributed by atoms with Gasteiger partial charge in [0.1, 0.15) is 5.82 Å². The van der Waals surface area contributed by atoms with E-state index in [4.69, 9.17) is 0 Å². The number of thiazole rings is 1. The third-order valence-electron chi connectivity index (χ3n) is 3.85. The van der Waals surface area contributed by atoms with Crippen LogP contribution in [0.3, 0.4) is 0 Å². The number of halogens is 1. The van der Waals surface area contributed by atoms with Gasteiger partial charge in [0.15, 0.2) is 9.86 Å². The number of anilines is 1. The molecule has 26 heavy (non-hydrogen) atoms. The zero-order valence-corrected chi connectivity index (χ0v) is 15.1. The van der Waals surface area contributed by atoms with Crippen molar-refractivity contribution in [2.24, 2.45) is 0 Å². The first-order valence-corrected chi connectivity index (χ1v) is 9.86. The Morgan fingerprint density at radius 2 is 1.81 bits per heavy atom. The quantitative estimate of drug-likeness (QED) is 0.584. The van der Waals surface area contributed by atoms with Crippen LogP contribution in [0, 0.1) is 12.7 Å². The third kappa shape index (κ3) is 2.65. The van der Waals surface area contributed by atoms with Crippen LogP contribution >= 0.6 is 11.3 Å².